The Morgan fingerprint density at radius 1 is 1.20 bits per heavy atom. The van der Waals surface area contributed by atoms with Gasteiger partial charge in [0.15, 0.2) is 0 Å². The lowest BCUT2D eigenvalue weighted by atomic mass is 10.4. The first-order valence-electron chi connectivity index (χ1n) is 1.95. The first-order valence-corrected chi connectivity index (χ1v) is 2.71. The van der Waals surface area contributed by atoms with Gasteiger partial charge in [-0.1, -0.05) is 11.6 Å². The number of rotatable bonds is 2. The molecule has 0 aromatic heterocycles. The van der Waals surface area contributed by atoms with Gasteiger partial charge in [0.05, 0.1) is 0 Å². The molecule has 1 atom stereocenters. The van der Waals surface area contributed by atoms with Gasteiger partial charge in [-0.2, -0.15) is 8.78 Å². The summed E-state index contributed by atoms with van der Waals surface area (Å²) in [5.74, 6) is 0. The quantitative estimate of drug-likeness (QED) is 0.535. The zero-order valence-electron chi connectivity index (χ0n) is 4.29. The predicted molar refractivity (Wildman–Crippen MR) is 27.6 cm³/mol. The number of hydrogen-bond acceptors (Lipinski definition) is 1. The Balaban J connectivity index is 4.40. The fourth-order valence-electron chi connectivity index (χ4n) is 0.124. The lowest BCUT2D eigenvalue weighted by Crippen LogP contribution is -2.45. The summed E-state index contributed by atoms with van der Waals surface area (Å²) in [6, 6.07) is 0. The van der Waals surface area contributed by atoms with Gasteiger partial charge in [-0.3, -0.25) is 0 Å². The smallest absolute Gasteiger partial charge is 0.364 e. The van der Waals surface area contributed by atoms with Crippen molar-refractivity contribution in [1.82, 2.24) is 0 Å². The standard InChI is InChI=1S/C3H2Cl2F4O/c4-2(10,1(6)7)3(5,8)9/h1,10H. The molecular weight excluding hydrogens is 199 g/mol. The molecule has 0 fully saturated rings. The summed E-state index contributed by atoms with van der Waals surface area (Å²) in [5.41, 5.74) is 0. The molecule has 7 heteroatoms. The van der Waals surface area contributed by atoms with E-state index >= 15 is 0 Å². The molecule has 0 radical (unpaired) electrons. The maximum absolute atomic E-state index is 11.7. The third-order valence-corrected chi connectivity index (χ3v) is 1.47. The molecule has 0 amide bonds. The van der Waals surface area contributed by atoms with Crippen LogP contribution in [0.5, 0.6) is 0 Å². The van der Waals surface area contributed by atoms with Crippen LogP contribution in [0.1, 0.15) is 0 Å². The molecule has 62 valence electrons. The van der Waals surface area contributed by atoms with Crippen LogP contribution in [0, 0.1) is 0 Å². The van der Waals surface area contributed by atoms with Gasteiger partial charge in [-0.15, -0.1) is 0 Å². The SMILES string of the molecule is OC(Cl)(C(F)F)C(F)(F)Cl. The minimum atomic E-state index is -4.54. The van der Waals surface area contributed by atoms with E-state index in [1.54, 1.807) is 0 Å². The van der Waals surface area contributed by atoms with Crippen molar-refractivity contribution in [3.05, 3.63) is 0 Å². The Bertz CT molecular complexity index is 120. The highest BCUT2D eigenvalue weighted by atomic mass is 35.5. The van der Waals surface area contributed by atoms with Crippen molar-refractivity contribution < 1.29 is 22.7 Å². The van der Waals surface area contributed by atoms with Gasteiger partial charge in [-0.05, 0) is 11.6 Å². The summed E-state index contributed by atoms with van der Waals surface area (Å²) in [5, 5.41) is -0.469. The normalized spacial score (nSPS) is 19.2. The fraction of sp³-hybridized carbons (Fsp3) is 1.00. The van der Waals surface area contributed by atoms with Crippen LogP contribution in [0.2, 0.25) is 0 Å². The molecule has 0 spiro atoms. The van der Waals surface area contributed by atoms with Crippen molar-refractivity contribution in [1.29, 1.82) is 0 Å². The van der Waals surface area contributed by atoms with Crippen molar-refractivity contribution in [2.45, 2.75) is 16.9 Å². The highest BCUT2D eigenvalue weighted by Crippen LogP contribution is 2.40. The van der Waals surface area contributed by atoms with Gasteiger partial charge < -0.3 is 5.11 Å². The van der Waals surface area contributed by atoms with Gasteiger partial charge in [0.25, 0.3) is 11.5 Å². The van der Waals surface area contributed by atoms with Crippen LogP contribution in [-0.4, -0.2) is 22.0 Å². The predicted octanol–water partition coefficient (Wildman–Crippen LogP) is 2.01. The molecule has 0 aromatic carbocycles. The zero-order valence-corrected chi connectivity index (χ0v) is 5.80. The lowest BCUT2D eigenvalue weighted by Gasteiger charge is -2.23. The summed E-state index contributed by atoms with van der Waals surface area (Å²) >= 11 is 8.30. The molecule has 0 aliphatic heterocycles. The second-order valence-corrected chi connectivity index (χ2v) is 2.52. The van der Waals surface area contributed by atoms with Crippen LogP contribution in [0.4, 0.5) is 17.6 Å². The van der Waals surface area contributed by atoms with E-state index in [4.69, 9.17) is 5.11 Å². The van der Waals surface area contributed by atoms with Crippen molar-refractivity contribution >= 4 is 23.2 Å². The van der Waals surface area contributed by atoms with Gasteiger partial charge in [0.1, 0.15) is 0 Å². The molecule has 0 aromatic rings. The average molecular weight is 201 g/mol. The van der Waals surface area contributed by atoms with Crippen LogP contribution in [0.15, 0.2) is 0 Å². The monoisotopic (exact) mass is 200 g/mol. The highest BCUT2D eigenvalue weighted by molar-refractivity contribution is 6.32. The molecule has 0 heterocycles. The van der Waals surface area contributed by atoms with E-state index < -0.39 is 16.9 Å². The first-order chi connectivity index (χ1) is 4.19. The number of alkyl halides is 6. The van der Waals surface area contributed by atoms with E-state index in [-0.39, 0.29) is 0 Å². The van der Waals surface area contributed by atoms with Crippen LogP contribution in [0.25, 0.3) is 0 Å². The van der Waals surface area contributed by atoms with Gasteiger partial charge in [0, 0.05) is 0 Å². The number of halogens is 6. The summed E-state index contributed by atoms with van der Waals surface area (Å²) in [6.45, 7) is 0. The summed E-state index contributed by atoms with van der Waals surface area (Å²) in [6.07, 6.45) is -3.80. The highest BCUT2D eigenvalue weighted by Gasteiger charge is 2.57. The van der Waals surface area contributed by atoms with E-state index in [2.05, 4.69) is 23.2 Å². The van der Waals surface area contributed by atoms with Crippen molar-refractivity contribution in [2.24, 2.45) is 0 Å². The summed E-state index contributed by atoms with van der Waals surface area (Å²) in [7, 11) is 0. The maximum atomic E-state index is 11.7. The number of hydrogen-bond donors (Lipinski definition) is 1. The van der Waals surface area contributed by atoms with Crippen LogP contribution < -0.4 is 0 Å². The molecule has 0 rings (SSSR count). The molecule has 0 saturated carbocycles. The largest absolute Gasteiger partial charge is 0.369 e. The molecule has 1 N–H and O–H groups in total. The van der Waals surface area contributed by atoms with Crippen molar-refractivity contribution in [2.75, 3.05) is 0 Å². The molecule has 0 aliphatic rings. The van der Waals surface area contributed by atoms with Crippen molar-refractivity contribution in [3.63, 3.8) is 0 Å². The Hall–Kier alpha value is 0.260. The average Bonchev–Trinajstić information content (AvgIpc) is 1.62. The Morgan fingerprint density at radius 3 is 1.50 bits per heavy atom. The molecular formula is C3H2Cl2F4O. The molecule has 10 heavy (non-hydrogen) atoms. The van der Waals surface area contributed by atoms with E-state index in [9.17, 15) is 17.6 Å². The topological polar surface area (TPSA) is 20.2 Å². The van der Waals surface area contributed by atoms with E-state index in [0.29, 0.717) is 0 Å². The van der Waals surface area contributed by atoms with E-state index in [0.717, 1.165) is 0 Å². The third kappa shape index (κ3) is 1.87. The molecule has 1 unspecified atom stereocenters. The molecule has 0 bridgehead atoms. The van der Waals surface area contributed by atoms with Crippen LogP contribution in [0.3, 0.4) is 0 Å². The van der Waals surface area contributed by atoms with Gasteiger partial charge in [0.2, 0.25) is 0 Å². The van der Waals surface area contributed by atoms with Crippen LogP contribution in [-0.2, 0) is 0 Å². The second-order valence-electron chi connectivity index (χ2n) is 1.47. The maximum Gasteiger partial charge on any atom is 0.369 e. The zero-order chi connectivity index (χ0) is 8.58. The molecule has 1 nitrogen and oxygen atoms in total. The molecule has 0 aliphatic carbocycles. The minimum Gasteiger partial charge on any atom is -0.364 e. The van der Waals surface area contributed by atoms with Gasteiger partial charge >= 0.3 is 5.38 Å². The van der Waals surface area contributed by atoms with Gasteiger partial charge in [-0.25, -0.2) is 8.78 Å². The van der Waals surface area contributed by atoms with E-state index in [1.165, 1.54) is 0 Å². The Morgan fingerprint density at radius 2 is 1.50 bits per heavy atom. The summed E-state index contributed by atoms with van der Waals surface area (Å²) < 4.78 is 46.0. The first kappa shape index (κ1) is 10.3. The van der Waals surface area contributed by atoms with E-state index in [1.807, 2.05) is 0 Å². The van der Waals surface area contributed by atoms with Crippen LogP contribution >= 0.6 is 23.2 Å². The lowest BCUT2D eigenvalue weighted by molar-refractivity contribution is -0.144. The summed E-state index contributed by atoms with van der Waals surface area (Å²) in [4.78, 5) is 0. The Labute approximate surface area is 63.5 Å². The van der Waals surface area contributed by atoms with Crippen molar-refractivity contribution in [3.8, 4) is 0 Å². The minimum absolute atomic E-state index is 3.80. The number of aliphatic hydroxyl groups is 1. The third-order valence-electron chi connectivity index (χ3n) is 0.687. The fourth-order valence-corrected chi connectivity index (χ4v) is 0.206. The second kappa shape index (κ2) is 2.71. The Kier molecular flexibility index (Phi) is 2.78. The molecule has 0 saturated heterocycles.